The predicted molar refractivity (Wildman–Crippen MR) is 73.9 cm³/mol. The van der Waals surface area contributed by atoms with Crippen LogP contribution in [0.5, 0.6) is 0 Å². The molecule has 0 aromatic carbocycles. The second-order valence-electron chi connectivity index (χ2n) is 6.45. The van der Waals surface area contributed by atoms with Crippen LogP contribution in [0.2, 0.25) is 0 Å². The van der Waals surface area contributed by atoms with E-state index < -0.39 is 11.4 Å². The van der Waals surface area contributed by atoms with Crippen LogP contribution in [0.4, 0.5) is 0 Å². The van der Waals surface area contributed by atoms with Crippen LogP contribution in [0.1, 0.15) is 40.5 Å². The van der Waals surface area contributed by atoms with Gasteiger partial charge in [-0.05, 0) is 19.4 Å². The van der Waals surface area contributed by atoms with Crippen LogP contribution in [-0.4, -0.2) is 47.6 Å². The summed E-state index contributed by atoms with van der Waals surface area (Å²) < 4.78 is 0. The van der Waals surface area contributed by atoms with Gasteiger partial charge in [-0.2, -0.15) is 0 Å². The van der Waals surface area contributed by atoms with E-state index in [-0.39, 0.29) is 17.9 Å². The Kier molecular flexibility index (Phi) is 5.35. The summed E-state index contributed by atoms with van der Waals surface area (Å²) in [7, 11) is 0. The highest BCUT2D eigenvalue weighted by Gasteiger charge is 2.33. The maximum Gasteiger partial charge on any atom is 0.307 e. The first-order valence-corrected chi connectivity index (χ1v) is 7.00. The van der Waals surface area contributed by atoms with Gasteiger partial charge in [0.15, 0.2) is 0 Å². The van der Waals surface area contributed by atoms with E-state index in [0.29, 0.717) is 13.0 Å². The number of nitrogens with one attached hydrogen (secondary N) is 1. The zero-order chi connectivity index (χ0) is 14.6. The largest absolute Gasteiger partial charge is 0.481 e. The minimum absolute atomic E-state index is 0.0139. The number of carbonyl (C=O) groups is 2. The average molecular weight is 270 g/mol. The van der Waals surface area contributed by atoms with Crippen LogP contribution in [0.15, 0.2) is 0 Å². The van der Waals surface area contributed by atoms with Crippen LogP contribution < -0.4 is 5.32 Å². The Morgan fingerprint density at radius 2 is 1.95 bits per heavy atom. The molecule has 1 fully saturated rings. The van der Waals surface area contributed by atoms with Crippen molar-refractivity contribution >= 4 is 11.9 Å². The molecule has 5 nitrogen and oxygen atoms in total. The van der Waals surface area contributed by atoms with Gasteiger partial charge >= 0.3 is 5.97 Å². The molecule has 0 radical (unpaired) electrons. The van der Waals surface area contributed by atoms with Crippen molar-refractivity contribution in [2.75, 3.05) is 19.6 Å². The van der Waals surface area contributed by atoms with Crippen molar-refractivity contribution < 1.29 is 14.7 Å². The number of aliphatic carboxylic acids is 1. The van der Waals surface area contributed by atoms with Crippen molar-refractivity contribution in [3.05, 3.63) is 0 Å². The van der Waals surface area contributed by atoms with Crippen LogP contribution in [0.25, 0.3) is 0 Å². The highest BCUT2D eigenvalue weighted by molar-refractivity contribution is 5.81. The van der Waals surface area contributed by atoms with Gasteiger partial charge in [0.25, 0.3) is 0 Å². The normalized spacial score (nSPS) is 25.1. The number of hydrogen-bond donors (Lipinski definition) is 2. The zero-order valence-electron chi connectivity index (χ0n) is 12.4. The van der Waals surface area contributed by atoms with E-state index in [4.69, 9.17) is 0 Å². The average Bonchev–Trinajstić information content (AvgIpc) is 2.27. The molecule has 0 aromatic heterocycles. The number of piperidine rings is 1. The van der Waals surface area contributed by atoms with Gasteiger partial charge in [-0.15, -0.1) is 0 Å². The summed E-state index contributed by atoms with van der Waals surface area (Å²) >= 11 is 0. The maximum absolute atomic E-state index is 12.0. The lowest BCUT2D eigenvalue weighted by Crippen LogP contribution is -2.54. The van der Waals surface area contributed by atoms with Gasteiger partial charge in [-0.1, -0.05) is 27.7 Å². The Bertz CT molecular complexity index is 336. The summed E-state index contributed by atoms with van der Waals surface area (Å²) in [5.41, 5.74) is -0.439. The number of likely N-dealkylation sites (tertiary alicyclic amines) is 1. The van der Waals surface area contributed by atoms with Crippen LogP contribution in [-0.2, 0) is 9.59 Å². The molecule has 1 rings (SSSR count). The Morgan fingerprint density at radius 1 is 1.32 bits per heavy atom. The minimum Gasteiger partial charge on any atom is -0.481 e. The summed E-state index contributed by atoms with van der Waals surface area (Å²) in [4.78, 5) is 25.3. The molecule has 0 aromatic rings. The second-order valence-corrected chi connectivity index (χ2v) is 6.45. The SMILES string of the molecule is CCCN1CC(NC(=O)C(C)(C)C)CC(C(=O)O)C1. The van der Waals surface area contributed by atoms with E-state index in [9.17, 15) is 14.7 Å². The molecule has 0 spiro atoms. The van der Waals surface area contributed by atoms with E-state index in [2.05, 4.69) is 17.1 Å². The molecule has 1 aliphatic rings. The van der Waals surface area contributed by atoms with Gasteiger partial charge in [0.1, 0.15) is 0 Å². The number of carbonyl (C=O) groups excluding carboxylic acids is 1. The van der Waals surface area contributed by atoms with Gasteiger partial charge in [-0.3, -0.25) is 9.59 Å². The first-order valence-electron chi connectivity index (χ1n) is 7.00. The molecule has 19 heavy (non-hydrogen) atoms. The molecular weight excluding hydrogens is 244 g/mol. The third kappa shape index (κ3) is 4.82. The molecule has 2 N–H and O–H groups in total. The quantitative estimate of drug-likeness (QED) is 0.808. The van der Waals surface area contributed by atoms with Gasteiger partial charge in [0.2, 0.25) is 5.91 Å². The summed E-state index contributed by atoms with van der Waals surface area (Å²) in [6.45, 7) is 9.89. The summed E-state index contributed by atoms with van der Waals surface area (Å²) in [6.07, 6.45) is 1.52. The van der Waals surface area contributed by atoms with Crippen molar-refractivity contribution in [2.24, 2.45) is 11.3 Å². The van der Waals surface area contributed by atoms with Gasteiger partial charge in [-0.25, -0.2) is 0 Å². The molecule has 2 atom stereocenters. The summed E-state index contributed by atoms with van der Waals surface area (Å²) in [6, 6.07) is -0.0619. The fourth-order valence-corrected chi connectivity index (χ4v) is 2.37. The Hall–Kier alpha value is -1.10. The van der Waals surface area contributed by atoms with Gasteiger partial charge < -0.3 is 15.3 Å². The standard InChI is InChI=1S/C14H26N2O3/c1-5-6-16-8-10(12(17)18)7-11(9-16)15-13(19)14(2,3)4/h10-11H,5-9H2,1-4H3,(H,15,19)(H,17,18). The minimum atomic E-state index is -0.768. The Labute approximate surface area is 115 Å². The Balaban J connectivity index is 2.66. The molecule has 110 valence electrons. The molecule has 1 amide bonds. The molecule has 1 aliphatic heterocycles. The topological polar surface area (TPSA) is 69.6 Å². The molecular formula is C14H26N2O3. The number of carboxylic acid groups (broad SMARTS) is 1. The van der Waals surface area contributed by atoms with Crippen LogP contribution in [0, 0.1) is 11.3 Å². The highest BCUT2D eigenvalue weighted by Crippen LogP contribution is 2.20. The summed E-state index contributed by atoms with van der Waals surface area (Å²) in [5, 5.41) is 12.2. The fourth-order valence-electron chi connectivity index (χ4n) is 2.37. The van der Waals surface area contributed by atoms with E-state index >= 15 is 0 Å². The number of nitrogens with zero attached hydrogens (tertiary/aromatic N) is 1. The Morgan fingerprint density at radius 3 is 2.42 bits per heavy atom. The molecule has 0 aliphatic carbocycles. The lowest BCUT2D eigenvalue weighted by Gasteiger charge is -2.37. The maximum atomic E-state index is 12.0. The first kappa shape index (κ1) is 16.0. The van der Waals surface area contributed by atoms with E-state index in [0.717, 1.165) is 19.5 Å². The lowest BCUT2D eigenvalue weighted by molar-refractivity contribution is -0.144. The van der Waals surface area contributed by atoms with Crippen LogP contribution in [0.3, 0.4) is 0 Å². The molecule has 0 bridgehead atoms. The molecule has 1 saturated heterocycles. The smallest absolute Gasteiger partial charge is 0.307 e. The molecule has 5 heteroatoms. The number of rotatable bonds is 4. The number of hydrogen-bond acceptors (Lipinski definition) is 3. The van der Waals surface area contributed by atoms with Gasteiger partial charge in [0.05, 0.1) is 5.92 Å². The van der Waals surface area contributed by atoms with Crippen molar-refractivity contribution in [3.63, 3.8) is 0 Å². The monoisotopic (exact) mass is 270 g/mol. The van der Waals surface area contributed by atoms with Crippen molar-refractivity contribution in [1.82, 2.24) is 10.2 Å². The van der Waals surface area contributed by atoms with Crippen molar-refractivity contribution in [1.29, 1.82) is 0 Å². The highest BCUT2D eigenvalue weighted by atomic mass is 16.4. The molecule has 0 saturated carbocycles. The third-order valence-electron chi connectivity index (χ3n) is 3.43. The van der Waals surface area contributed by atoms with Gasteiger partial charge in [0, 0.05) is 24.5 Å². The third-order valence-corrected chi connectivity index (χ3v) is 3.43. The van der Waals surface area contributed by atoms with E-state index in [1.54, 1.807) is 0 Å². The first-order chi connectivity index (χ1) is 8.74. The van der Waals surface area contributed by atoms with Crippen molar-refractivity contribution in [3.8, 4) is 0 Å². The predicted octanol–water partition coefficient (Wildman–Crippen LogP) is 1.33. The fraction of sp³-hybridized carbons (Fsp3) is 0.857. The molecule has 1 heterocycles. The number of amides is 1. The van der Waals surface area contributed by atoms with E-state index in [1.807, 2.05) is 20.8 Å². The lowest BCUT2D eigenvalue weighted by atomic mass is 9.91. The molecule has 2 unspecified atom stereocenters. The second kappa shape index (κ2) is 6.37. The van der Waals surface area contributed by atoms with E-state index in [1.165, 1.54) is 0 Å². The zero-order valence-corrected chi connectivity index (χ0v) is 12.4. The summed E-state index contributed by atoms with van der Waals surface area (Å²) in [5.74, 6) is -1.17. The van der Waals surface area contributed by atoms with Crippen molar-refractivity contribution in [2.45, 2.75) is 46.6 Å². The van der Waals surface area contributed by atoms with Crippen LogP contribution >= 0.6 is 0 Å². The number of carboxylic acids is 1.